The highest BCUT2D eigenvalue weighted by Gasteiger charge is 2.31. The van der Waals surface area contributed by atoms with E-state index < -0.39 is 0 Å². The van der Waals surface area contributed by atoms with Gasteiger partial charge in [-0.1, -0.05) is 229 Å². The molecule has 9 rings (SSSR count). The third kappa shape index (κ3) is 10.4. The summed E-state index contributed by atoms with van der Waals surface area (Å²) in [5, 5.41) is 0. The lowest BCUT2D eigenvalue weighted by Crippen LogP contribution is -2.11. The van der Waals surface area contributed by atoms with Crippen molar-refractivity contribution in [3.8, 4) is 89.5 Å². The van der Waals surface area contributed by atoms with Crippen molar-refractivity contribution >= 4 is 23.8 Å². The molecule has 0 amide bonds. The molecular formula is C64H68N10. The number of benzene rings is 7. The zero-order chi connectivity index (χ0) is 53.1. The van der Waals surface area contributed by atoms with Crippen LogP contribution in [0.1, 0.15) is 105 Å². The lowest BCUT2D eigenvalue weighted by molar-refractivity contribution is 0.590. The molecule has 0 spiro atoms. The Kier molecular flexibility index (Phi) is 13.0. The SMILES string of the molecule is CC(C)(C)c1ccc(-c2c(-c3ccc(-c4nc(N)nc(N)n4)cc3)c(-c3ccc(C(C)(C)C)cc3)c(-c3ccc(C(C)(C)C)cc3)c(-c3ccc(-c4nc(N)nc(N)n4)cc3)c2-c2ccc(C(C)(C)C)cc2)cc1. The molecule has 0 aliphatic heterocycles. The molecule has 0 aliphatic rings. The Labute approximate surface area is 436 Å². The molecule has 2 heterocycles. The van der Waals surface area contributed by atoms with Gasteiger partial charge < -0.3 is 22.9 Å². The maximum Gasteiger partial charge on any atom is 0.225 e. The lowest BCUT2D eigenvalue weighted by atomic mass is 9.73. The minimum atomic E-state index is -0.0750. The Balaban J connectivity index is 1.51. The summed E-state index contributed by atoms with van der Waals surface area (Å²) < 4.78 is 0. The molecule has 0 fully saturated rings. The topological polar surface area (TPSA) is 181 Å². The molecule has 0 atom stereocenters. The van der Waals surface area contributed by atoms with Crippen molar-refractivity contribution in [3.05, 3.63) is 168 Å². The van der Waals surface area contributed by atoms with E-state index in [9.17, 15) is 0 Å². The Morgan fingerprint density at radius 3 is 0.527 bits per heavy atom. The van der Waals surface area contributed by atoms with Crippen molar-refractivity contribution in [2.75, 3.05) is 22.9 Å². The van der Waals surface area contributed by atoms with Crippen molar-refractivity contribution in [3.63, 3.8) is 0 Å². The Morgan fingerprint density at radius 1 is 0.216 bits per heavy atom. The first-order chi connectivity index (χ1) is 34.8. The van der Waals surface area contributed by atoms with E-state index in [4.69, 9.17) is 22.9 Å². The van der Waals surface area contributed by atoms with Crippen LogP contribution in [0.25, 0.3) is 89.5 Å². The van der Waals surface area contributed by atoms with E-state index in [0.717, 1.165) is 77.9 Å². The fourth-order valence-electron chi connectivity index (χ4n) is 9.68. The Hall–Kier alpha value is -8.24. The van der Waals surface area contributed by atoms with Crippen LogP contribution in [0.4, 0.5) is 23.8 Å². The third-order valence-corrected chi connectivity index (χ3v) is 13.9. The van der Waals surface area contributed by atoms with Crippen molar-refractivity contribution in [1.82, 2.24) is 29.9 Å². The molecule has 0 unspecified atom stereocenters. The number of nitrogens with two attached hydrogens (primary N) is 4. The van der Waals surface area contributed by atoms with Gasteiger partial charge >= 0.3 is 0 Å². The zero-order valence-electron chi connectivity index (χ0n) is 44.8. The molecule has 74 heavy (non-hydrogen) atoms. The van der Waals surface area contributed by atoms with Gasteiger partial charge in [0, 0.05) is 11.1 Å². The largest absolute Gasteiger partial charge is 0.368 e. The van der Waals surface area contributed by atoms with E-state index in [2.05, 4.69) is 234 Å². The monoisotopic (exact) mass is 977 g/mol. The van der Waals surface area contributed by atoms with Crippen LogP contribution in [0.5, 0.6) is 0 Å². The average molecular weight is 977 g/mol. The zero-order valence-corrected chi connectivity index (χ0v) is 44.8. The van der Waals surface area contributed by atoms with Gasteiger partial charge in [-0.05, 0) is 111 Å². The molecule has 9 aromatic rings. The van der Waals surface area contributed by atoms with Crippen LogP contribution in [0.15, 0.2) is 146 Å². The summed E-state index contributed by atoms with van der Waals surface area (Å²) >= 11 is 0. The molecule has 10 nitrogen and oxygen atoms in total. The minimum Gasteiger partial charge on any atom is -0.368 e. The second kappa shape index (κ2) is 19.0. The minimum absolute atomic E-state index is 0.0629. The standard InChI is InChI=1S/C64H68N10/c1-61(2,3)45-29-21-39(22-30-45)51-49(37-13-17-43(18-14-37)55-69-57(65)73-58(66)70-55)53(41-25-33-47(34-26-41)63(7,8)9)54(42-27-35-48(36-28-42)64(10,11)12)50(52(51)40-23-31-46(32-24-40)62(4,5)6)38-15-19-44(20-16-38)56-71-59(67)74-60(68)72-56/h13-36H,1-12H3,(H4,65,66,69,70,73)(H4,67,68,71,72,74). The van der Waals surface area contributed by atoms with Crippen LogP contribution in [-0.4, -0.2) is 29.9 Å². The van der Waals surface area contributed by atoms with Crippen molar-refractivity contribution < 1.29 is 0 Å². The van der Waals surface area contributed by atoms with Crippen LogP contribution < -0.4 is 22.9 Å². The summed E-state index contributed by atoms with van der Waals surface area (Å²) in [6.07, 6.45) is 0. The van der Waals surface area contributed by atoms with Gasteiger partial charge in [-0.2, -0.15) is 29.9 Å². The predicted octanol–water partition coefficient (Wildman–Crippen LogP) is 14.9. The number of aromatic nitrogens is 6. The Bertz CT molecular complexity index is 3080. The molecule has 0 saturated heterocycles. The van der Waals surface area contributed by atoms with Crippen molar-refractivity contribution in [1.29, 1.82) is 0 Å². The molecule has 0 bridgehead atoms. The molecule has 10 heteroatoms. The molecule has 2 aromatic heterocycles. The molecule has 7 aromatic carbocycles. The summed E-state index contributed by atoms with van der Waals surface area (Å²) in [5.74, 6) is 1.05. The highest BCUT2D eigenvalue weighted by Crippen LogP contribution is 2.56. The van der Waals surface area contributed by atoms with Gasteiger partial charge in [-0.25, -0.2) is 0 Å². The smallest absolute Gasteiger partial charge is 0.225 e. The van der Waals surface area contributed by atoms with Crippen LogP contribution in [0.3, 0.4) is 0 Å². The van der Waals surface area contributed by atoms with Gasteiger partial charge in [-0.3, -0.25) is 0 Å². The second-order valence-corrected chi connectivity index (χ2v) is 23.5. The molecular weight excluding hydrogens is 909 g/mol. The first-order valence-electron chi connectivity index (χ1n) is 25.3. The molecule has 0 aliphatic carbocycles. The van der Waals surface area contributed by atoms with E-state index in [1.165, 1.54) is 22.3 Å². The van der Waals surface area contributed by atoms with Crippen molar-refractivity contribution in [2.45, 2.75) is 105 Å². The summed E-state index contributed by atoms with van der Waals surface area (Å²) in [5.41, 5.74) is 43.4. The summed E-state index contributed by atoms with van der Waals surface area (Å²) in [7, 11) is 0. The highest BCUT2D eigenvalue weighted by molar-refractivity contribution is 6.15. The second-order valence-electron chi connectivity index (χ2n) is 23.5. The third-order valence-electron chi connectivity index (χ3n) is 13.9. The normalized spacial score (nSPS) is 12.3. The Morgan fingerprint density at radius 2 is 0.365 bits per heavy atom. The fourth-order valence-corrected chi connectivity index (χ4v) is 9.68. The van der Waals surface area contributed by atoms with Gasteiger partial charge in [0.1, 0.15) is 0 Å². The molecule has 374 valence electrons. The molecule has 0 saturated carbocycles. The average Bonchev–Trinajstić information content (AvgIpc) is 3.34. The van der Waals surface area contributed by atoms with Gasteiger partial charge in [-0.15, -0.1) is 0 Å². The van der Waals surface area contributed by atoms with Gasteiger partial charge in [0.25, 0.3) is 0 Å². The number of hydrogen-bond acceptors (Lipinski definition) is 10. The maximum atomic E-state index is 6.12. The van der Waals surface area contributed by atoms with Crippen LogP contribution in [0, 0.1) is 0 Å². The number of nitrogens with zero attached hydrogens (tertiary/aromatic N) is 6. The highest BCUT2D eigenvalue weighted by atomic mass is 15.1. The van der Waals surface area contributed by atoms with E-state index in [1.807, 2.05) is 24.3 Å². The summed E-state index contributed by atoms with van der Waals surface area (Å²) in [6.45, 7) is 27.1. The predicted molar refractivity (Wildman–Crippen MR) is 309 cm³/mol. The van der Waals surface area contributed by atoms with E-state index in [-0.39, 0.29) is 45.5 Å². The quantitative estimate of drug-likeness (QED) is 0.114. The van der Waals surface area contributed by atoms with Gasteiger partial charge in [0.05, 0.1) is 0 Å². The van der Waals surface area contributed by atoms with Gasteiger partial charge in [0.2, 0.25) is 23.8 Å². The molecule has 0 radical (unpaired) electrons. The maximum absolute atomic E-state index is 6.12. The number of anilines is 4. The van der Waals surface area contributed by atoms with Crippen molar-refractivity contribution in [2.24, 2.45) is 0 Å². The first-order valence-corrected chi connectivity index (χ1v) is 25.3. The van der Waals surface area contributed by atoms with Crippen LogP contribution in [0.2, 0.25) is 0 Å². The van der Waals surface area contributed by atoms with Crippen LogP contribution in [-0.2, 0) is 21.7 Å². The van der Waals surface area contributed by atoms with Crippen LogP contribution >= 0.6 is 0 Å². The fraction of sp³-hybridized carbons (Fsp3) is 0.250. The van der Waals surface area contributed by atoms with E-state index >= 15 is 0 Å². The first kappa shape index (κ1) is 50.7. The number of rotatable bonds is 8. The van der Waals surface area contributed by atoms with E-state index in [0.29, 0.717) is 11.6 Å². The van der Waals surface area contributed by atoms with Gasteiger partial charge in [0.15, 0.2) is 11.6 Å². The summed E-state index contributed by atoms with van der Waals surface area (Å²) in [6, 6.07) is 53.5. The lowest BCUT2D eigenvalue weighted by Gasteiger charge is -2.30. The van der Waals surface area contributed by atoms with E-state index in [1.54, 1.807) is 0 Å². The summed E-state index contributed by atoms with van der Waals surface area (Å²) in [4.78, 5) is 26.0. The molecule has 8 N–H and O–H groups in total. The number of hydrogen-bond donors (Lipinski definition) is 4. The number of nitrogen functional groups attached to an aromatic ring is 4.